The van der Waals surface area contributed by atoms with E-state index in [1.807, 2.05) is 0 Å². The zero-order chi connectivity index (χ0) is 17.3. The summed E-state index contributed by atoms with van der Waals surface area (Å²) in [6, 6.07) is 7.03. The first-order valence-corrected chi connectivity index (χ1v) is 8.15. The Labute approximate surface area is 140 Å². The fourth-order valence-corrected chi connectivity index (χ4v) is 3.16. The van der Waals surface area contributed by atoms with E-state index in [0.29, 0.717) is 11.4 Å². The number of carbonyl (C=O) groups is 1. The Morgan fingerprint density at radius 3 is 2.54 bits per heavy atom. The van der Waals surface area contributed by atoms with Crippen molar-refractivity contribution in [1.82, 2.24) is 19.7 Å². The van der Waals surface area contributed by atoms with Gasteiger partial charge < -0.3 is 10.6 Å². The second-order valence-electron chi connectivity index (χ2n) is 7.01. The SMILES string of the molecule is Cn1cnn(-c2ccc(NC(=O)N[C@@H]3CCCC3(C)C)cc2)c1=O. The van der Waals surface area contributed by atoms with Gasteiger partial charge in [-0.05, 0) is 42.5 Å². The molecule has 0 saturated heterocycles. The Bertz CT molecular complexity index is 788. The lowest BCUT2D eigenvalue weighted by molar-refractivity contribution is 0.233. The molecule has 2 N–H and O–H groups in total. The molecule has 2 aromatic rings. The van der Waals surface area contributed by atoms with Gasteiger partial charge in [-0.3, -0.25) is 4.57 Å². The molecule has 0 radical (unpaired) electrons. The zero-order valence-corrected chi connectivity index (χ0v) is 14.2. The van der Waals surface area contributed by atoms with E-state index in [9.17, 15) is 9.59 Å². The third-order valence-corrected chi connectivity index (χ3v) is 4.76. The average Bonchev–Trinajstić information content (AvgIpc) is 3.03. The van der Waals surface area contributed by atoms with Gasteiger partial charge in [0.1, 0.15) is 6.33 Å². The molecule has 1 atom stereocenters. The first kappa shape index (κ1) is 16.3. The molecule has 1 aliphatic rings. The molecule has 24 heavy (non-hydrogen) atoms. The summed E-state index contributed by atoms with van der Waals surface area (Å²) in [6.07, 6.45) is 4.75. The highest BCUT2D eigenvalue weighted by molar-refractivity contribution is 5.89. The molecule has 1 aromatic carbocycles. The molecule has 0 aliphatic heterocycles. The molecule has 1 aromatic heterocycles. The molecule has 7 nitrogen and oxygen atoms in total. The van der Waals surface area contributed by atoms with Gasteiger partial charge in [0.2, 0.25) is 0 Å². The minimum absolute atomic E-state index is 0.140. The number of anilines is 1. The van der Waals surface area contributed by atoms with Gasteiger partial charge in [-0.15, -0.1) is 0 Å². The fourth-order valence-electron chi connectivity index (χ4n) is 3.16. The van der Waals surface area contributed by atoms with Crippen molar-refractivity contribution in [3.63, 3.8) is 0 Å². The number of hydrogen-bond donors (Lipinski definition) is 2. The standard InChI is InChI=1S/C17H23N5O2/c1-17(2)10-4-5-14(17)20-15(23)19-12-6-8-13(9-7-12)22-16(24)21(3)11-18-22/h6-9,11,14H,4-5,10H2,1-3H3,(H2,19,20,23)/t14-/m1/s1. The number of nitrogens with zero attached hydrogens (tertiary/aromatic N) is 3. The van der Waals surface area contributed by atoms with Gasteiger partial charge in [-0.1, -0.05) is 20.3 Å². The number of amides is 2. The van der Waals surface area contributed by atoms with Crippen LogP contribution in [0.5, 0.6) is 0 Å². The van der Waals surface area contributed by atoms with Crippen LogP contribution in [0.3, 0.4) is 0 Å². The molecule has 0 unspecified atom stereocenters. The van der Waals surface area contributed by atoms with Crippen LogP contribution >= 0.6 is 0 Å². The van der Waals surface area contributed by atoms with Crippen LogP contribution < -0.4 is 16.3 Å². The molecule has 1 aliphatic carbocycles. The number of aromatic nitrogens is 3. The number of aryl methyl sites for hydroxylation is 1. The van der Waals surface area contributed by atoms with Crippen LogP contribution in [-0.4, -0.2) is 26.4 Å². The van der Waals surface area contributed by atoms with E-state index in [0.717, 1.165) is 19.3 Å². The van der Waals surface area contributed by atoms with Crippen LogP contribution in [0.1, 0.15) is 33.1 Å². The highest BCUT2D eigenvalue weighted by atomic mass is 16.2. The molecule has 128 valence electrons. The molecule has 1 saturated carbocycles. The summed E-state index contributed by atoms with van der Waals surface area (Å²) in [6.45, 7) is 4.37. The van der Waals surface area contributed by atoms with E-state index in [2.05, 4.69) is 29.6 Å². The second-order valence-corrected chi connectivity index (χ2v) is 7.01. The molecular weight excluding hydrogens is 306 g/mol. The van der Waals surface area contributed by atoms with E-state index >= 15 is 0 Å². The van der Waals surface area contributed by atoms with E-state index < -0.39 is 0 Å². The van der Waals surface area contributed by atoms with Gasteiger partial charge in [0.25, 0.3) is 0 Å². The summed E-state index contributed by atoms with van der Waals surface area (Å²) in [5.74, 6) is 0. The number of urea groups is 1. The molecule has 3 rings (SSSR count). The highest BCUT2D eigenvalue weighted by Gasteiger charge is 2.35. The average molecular weight is 329 g/mol. The maximum atomic E-state index is 12.2. The Balaban J connectivity index is 1.65. The Morgan fingerprint density at radius 1 is 1.29 bits per heavy atom. The zero-order valence-electron chi connectivity index (χ0n) is 14.2. The Hall–Kier alpha value is -2.57. The van der Waals surface area contributed by atoms with Crippen molar-refractivity contribution in [3.05, 3.63) is 41.1 Å². The van der Waals surface area contributed by atoms with Gasteiger partial charge in [-0.25, -0.2) is 9.59 Å². The molecule has 7 heteroatoms. The third kappa shape index (κ3) is 3.20. The fraction of sp³-hybridized carbons (Fsp3) is 0.471. The second kappa shape index (κ2) is 6.14. The summed E-state index contributed by atoms with van der Waals surface area (Å²) < 4.78 is 2.72. The number of hydrogen-bond acceptors (Lipinski definition) is 3. The monoisotopic (exact) mass is 329 g/mol. The van der Waals surface area contributed by atoms with Crippen molar-refractivity contribution in [1.29, 1.82) is 0 Å². The van der Waals surface area contributed by atoms with Crippen LogP contribution in [0.25, 0.3) is 5.69 Å². The van der Waals surface area contributed by atoms with Crippen LogP contribution in [0.4, 0.5) is 10.5 Å². The van der Waals surface area contributed by atoms with Crippen molar-refractivity contribution in [2.45, 2.75) is 39.2 Å². The summed E-state index contributed by atoms with van der Waals surface area (Å²) >= 11 is 0. The lowest BCUT2D eigenvalue weighted by Crippen LogP contribution is -2.43. The minimum atomic E-state index is -0.211. The minimum Gasteiger partial charge on any atom is -0.335 e. The number of carbonyl (C=O) groups excluding carboxylic acids is 1. The molecule has 1 heterocycles. The molecule has 0 spiro atoms. The maximum absolute atomic E-state index is 12.2. The van der Waals surface area contributed by atoms with Crippen LogP contribution in [0.15, 0.2) is 35.4 Å². The van der Waals surface area contributed by atoms with Gasteiger partial charge >= 0.3 is 11.7 Å². The van der Waals surface area contributed by atoms with E-state index in [-0.39, 0.29) is 23.2 Å². The van der Waals surface area contributed by atoms with Crippen LogP contribution in [-0.2, 0) is 7.05 Å². The lowest BCUT2D eigenvalue weighted by atomic mass is 9.87. The van der Waals surface area contributed by atoms with Crippen LogP contribution in [0.2, 0.25) is 0 Å². The molecular formula is C17H23N5O2. The predicted molar refractivity (Wildman–Crippen MR) is 92.4 cm³/mol. The van der Waals surface area contributed by atoms with E-state index in [4.69, 9.17) is 0 Å². The first-order valence-electron chi connectivity index (χ1n) is 8.15. The third-order valence-electron chi connectivity index (χ3n) is 4.76. The van der Waals surface area contributed by atoms with Crippen molar-refractivity contribution in [3.8, 4) is 5.69 Å². The quantitative estimate of drug-likeness (QED) is 0.906. The lowest BCUT2D eigenvalue weighted by Gasteiger charge is -2.27. The van der Waals surface area contributed by atoms with E-state index in [1.54, 1.807) is 31.3 Å². The Kier molecular flexibility index (Phi) is 4.17. The van der Waals surface area contributed by atoms with Crippen molar-refractivity contribution in [2.75, 3.05) is 5.32 Å². The van der Waals surface area contributed by atoms with Gasteiger partial charge in [0.15, 0.2) is 0 Å². The summed E-state index contributed by atoms with van der Waals surface area (Å²) in [7, 11) is 1.65. The Morgan fingerprint density at radius 2 is 2.00 bits per heavy atom. The summed E-state index contributed by atoms with van der Waals surface area (Å²) in [5.41, 5.74) is 1.26. The van der Waals surface area contributed by atoms with Gasteiger partial charge in [-0.2, -0.15) is 9.78 Å². The molecule has 1 fully saturated rings. The van der Waals surface area contributed by atoms with Crippen molar-refractivity contribution >= 4 is 11.7 Å². The number of nitrogens with one attached hydrogen (secondary N) is 2. The first-order chi connectivity index (χ1) is 11.4. The van der Waals surface area contributed by atoms with Crippen molar-refractivity contribution < 1.29 is 4.79 Å². The normalized spacial score (nSPS) is 19.2. The molecule has 0 bridgehead atoms. The van der Waals surface area contributed by atoms with Gasteiger partial charge in [0, 0.05) is 18.8 Å². The van der Waals surface area contributed by atoms with Crippen molar-refractivity contribution in [2.24, 2.45) is 12.5 Å². The van der Waals surface area contributed by atoms with Gasteiger partial charge in [0.05, 0.1) is 5.69 Å². The summed E-state index contributed by atoms with van der Waals surface area (Å²) in [5, 5.41) is 9.93. The van der Waals surface area contributed by atoms with E-state index in [1.165, 1.54) is 15.6 Å². The molecule has 2 amide bonds. The summed E-state index contributed by atoms with van der Waals surface area (Å²) in [4.78, 5) is 24.0. The predicted octanol–water partition coefficient (Wildman–Crippen LogP) is 2.27. The number of benzene rings is 1. The maximum Gasteiger partial charge on any atom is 0.350 e. The van der Waals surface area contributed by atoms with Crippen LogP contribution in [0, 0.1) is 5.41 Å². The largest absolute Gasteiger partial charge is 0.350 e. The highest BCUT2D eigenvalue weighted by Crippen LogP contribution is 2.37. The number of rotatable bonds is 3. The smallest absolute Gasteiger partial charge is 0.335 e. The topological polar surface area (TPSA) is 81.0 Å².